The number of anilines is 2. The summed E-state index contributed by atoms with van der Waals surface area (Å²) in [6.07, 6.45) is 1.04. The van der Waals surface area contributed by atoms with E-state index in [4.69, 9.17) is 4.74 Å². The summed E-state index contributed by atoms with van der Waals surface area (Å²) in [7, 11) is -3.45. The van der Waals surface area contributed by atoms with E-state index in [1.165, 1.54) is 12.1 Å². The van der Waals surface area contributed by atoms with Crippen molar-refractivity contribution in [3.8, 4) is 17.0 Å². The van der Waals surface area contributed by atoms with Gasteiger partial charge in [-0.05, 0) is 62.4 Å². The average molecular weight is 457 g/mol. The van der Waals surface area contributed by atoms with E-state index in [1.54, 1.807) is 31.2 Å². The molecular formula is C22H24N4O5S. The molecule has 0 spiro atoms. The highest BCUT2D eigenvalue weighted by molar-refractivity contribution is 7.92. The highest BCUT2D eigenvalue weighted by atomic mass is 32.2. The van der Waals surface area contributed by atoms with Gasteiger partial charge in [0, 0.05) is 17.3 Å². The predicted molar refractivity (Wildman–Crippen MR) is 123 cm³/mol. The van der Waals surface area contributed by atoms with E-state index in [1.807, 2.05) is 31.2 Å². The molecule has 0 fully saturated rings. The molecule has 1 heterocycles. The zero-order valence-electron chi connectivity index (χ0n) is 17.9. The van der Waals surface area contributed by atoms with Gasteiger partial charge in [0.2, 0.25) is 15.9 Å². The lowest BCUT2D eigenvalue weighted by Gasteiger charge is -2.15. The normalized spacial score (nSPS) is 12.1. The summed E-state index contributed by atoms with van der Waals surface area (Å²) in [5, 5.41) is 7.04. The molecule has 0 aliphatic heterocycles. The van der Waals surface area contributed by atoms with Crippen LogP contribution >= 0.6 is 0 Å². The van der Waals surface area contributed by atoms with E-state index in [0.29, 0.717) is 23.7 Å². The number of hydrogen-bond acceptors (Lipinski definition) is 6. The van der Waals surface area contributed by atoms with Crippen molar-refractivity contribution in [2.45, 2.75) is 19.9 Å². The molecule has 0 saturated carbocycles. The first-order valence-electron chi connectivity index (χ1n) is 9.88. The molecule has 0 bridgehead atoms. The predicted octanol–water partition coefficient (Wildman–Crippen LogP) is 2.88. The van der Waals surface area contributed by atoms with Crippen LogP contribution in [-0.4, -0.2) is 37.0 Å². The first-order chi connectivity index (χ1) is 15.2. The van der Waals surface area contributed by atoms with Crippen molar-refractivity contribution in [2.24, 2.45) is 0 Å². The van der Waals surface area contributed by atoms with E-state index in [9.17, 15) is 18.0 Å². The number of sulfonamides is 1. The Morgan fingerprint density at radius 2 is 1.78 bits per heavy atom. The molecule has 1 aromatic heterocycles. The zero-order chi connectivity index (χ0) is 23.3. The molecule has 0 aliphatic carbocycles. The summed E-state index contributed by atoms with van der Waals surface area (Å²) in [5.41, 5.74) is 1.58. The zero-order valence-corrected chi connectivity index (χ0v) is 18.7. The van der Waals surface area contributed by atoms with Gasteiger partial charge in [0.05, 0.1) is 24.2 Å². The van der Waals surface area contributed by atoms with Crippen LogP contribution in [0.5, 0.6) is 5.75 Å². The molecule has 3 aromatic rings. The number of ether oxygens (including phenoxy) is 1. The third kappa shape index (κ3) is 5.94. The Morgan fingerprint density at radius 3 is 2.44 bits per heavy atom. The summed E-state index contributed by atoms with van der Waals surface area (Å²) >= 11 is 0. The lowest BCUT2D eigenvalue weighted by atomic mass is 10.1. The number of aromatic nitrogens is 2. The molecule has 168 valence electrons. The molecule has 1 unspecified atom stereocenters. The van der Waals surface area contributed by atoms with Crippen molar-refractivity contribution in [1.82, 2.24) is 9.78 Å². The van der Waals surface area contributed by atoms with Crippen LogP contribution in [0, 0.1) is 0 Å². The van der Waals surface area contributed by atoms with Crippen LogP contribution in [0.15, 0.2) is 65.5 Å². The Kier molecular flexibility index (Phi) is 6.94. The maximum atomic E-state index is 12.8. The maximum Gasteiger partial charge on any atom is 0.267 e. The number of amides is 1. The monoisotopic (exact) mass is 456 g/mol. The van der Waals surface area contributed by atoms with Crippen LogP contribution in [-0.2, 0) is 14.8 Å². The highest BCUT2D eigenvalue weighted by Gasteiger charge is 2.18. The van der Waals surface area contributed by atoms with E-state index >= 15 is 0 Å². The van der Waals surface area contributed by atoms with Gasteiger partial charge in [-0.15, -0.1) is 0 Å². The maximum absolute atomic E-state index is 12.8. The Bertz CT molecular complexity index is 1270. The smallest absolute Gasteiger partial charge is 0.267 e. The van der Waals surface area contributed by atoms with Gasteiger partial charge in [0.15, 0.2) is 0 Å². The van der Waals surface area contributed by atoms with Gasteiger partial charge in [0.25, 0.3) is 5.56 Å². The van der Waals surface area contributed by atoms with Crippen molar-refractivity contribution < 1.29 is 17.9 Å². The summed E-state index contributed by atoms with van der Waals surface area (Å²) < 4.78 is 31.7. The molecular weight excluding hydrogens is 432 g/mol. The number of hydrogen-bond donors (Lipinski definition) is 2. The Labute approximate surface area is 186 Å². The lowest BCUT2D eigenvalue weighted by molar-refractivity contribution is -0.119. The fourth-order valence-electron chi connectivity index (χ4n) is 2.98. The summed E-state index contributed by atoms with van der Waals surface area (Å²) in [6.45, 7) is 4.02. The molecule has 10 heteroatoms. The molecule has 2 N–H and O–H groups in total. The second-order valence-corrected chi connectivity index (χ2v) is 8.83. The van der Waals surface area contributed by atoms with E-state index < -0.39 is 27.5 Å². The Morgan fingerprint density at radius 1 is 1.09 bits per heavy atom. The van der Waals surface area contributed by atoms with Crippen LogP contribution in [0.1, 0.15) is 19.9 Å². The molecule has 3 rings (SSSR count). The molecule has 0 aliphatic rings. The highest BCUT2D eigenvalue weighted by Crippen LogP contribution is 2.21. The van der Waals surface area contributed by atoms with Crippen molar-refractivity contribution in [1.29, 1.82) is 0 Å². The van der Waals surface area contributed by atoms with Gasteiger partial charge in [-0.1, -0.05) is 6.07 Å². The molecule has 2 aromatic carbocycles. The van der Waals surface area contributed by atoms with Crippen LogP contribution in [0.4, 0.5) is 11.4 Å². The lowest BCUT2D eigenvalue weighted by Crippen LogP contribution is -2.33. The van der Waals surface area contributed by atoms with Crippen LogP contribution < -0.4 is 20.3 Å². The van der Waals surface area contributed by atoms with Crippen LogP contribution in [0.25, 0.3) is 11.3 Å². The Hall–Kier alpha value is -3.66. The number of nitrogens with zero attached hydrogens (tertiary/aromatic N) is 2. The summed E-state index contributed by atoms with van der Waals surface area (Å²) in [4.78, 5) is 25.1. The van der Waals surface area contributed by atoms with Crippen LogP contribution in [0.2, 0.25) is 0 Å². The van der Waals surface area contributed by atoms with E-state index in [2.05, 4.69) is 15.1 Å². The second kappa shape index (κ2) is 9.65. The summed E-state index contributed by atoms with van der Waals surface area (Å²) in [5.74, 6) is 0.254. The SMILES string of the molecule is CCOc1ccc(-c2ccc(=O)n(C(C)C(=O)Nc3cccc(NS(C)(=O)=O)c3)n2)cc1. The third-order valence-corrected chi connectivity index (χ3v) is 5.07. The largest absolute Gasteiger partial charge is 0.494 e. The number of carbonyl (C=O) groups is 1. The van der Waals surface area contributed by atoms with Gasteiger partial charge in [-0.2, -0.15) is 5.10 Å². The van der Waals surface area contributed by atoms with Crippen molar-refractivity contribution in [3.05, 3.63) is 71.0 Å². The topological polar surface area (TPSA) is 119 Å². The first kappa shape index (κ1) is 23.0. The minimum atomic E-state index is -3.45. The first-order valence-corrected chi connectivity index (χ1v) is 11.8. The minimum Gasteiger partial charge on any atom is -0.494 e. The average Bonchev–Trinajstić information content (AvgIpc) is 2.73. The number of carbonyl (C=O) groups excluding carboxylic acids is 1. The number of rotatable bonds is 8. The Balaban J connectivity index is 1.80. The molecule has 1 amide bonds. The van der Waals surface area contributed by atoms with Gasteiger partial charge in [0.1, 0.15) is 11.8 Å². The van der Waals surface area contributed by atoms with Gasteiger partial charge in [-0.25, -0.2) is 13.1 Å². The van der Waals surface area contributed by atoms with E-state index in [-0.39, 0.29) is 0 Å². The molecule has 0 saturated heterocycles. The number of nitrogens with one attached hydrogen (secondary N) is 2. The quantitative estimate of drug-likeness (QED) is 0.538. The standard InChI is InChI=1S/C22H24N4O5S/c1-4-31-19-10-8-16(9-11-19)20-12-13-21(27)26(24-20)15(2)22(28)23-17-6-5-7-18(14-17)25-32(3,29)30/h5-15,25H,4H2,1-3H3,(H,23,28). The fourth-order valence-corrected chi connectivity index (χ4v) is 3.53. The van der Waals surface area contributed by atoms with Gasteiger partial charge in [-0.3, -0.25) is 14.3 Å². The van der Waals surface area contributed by atoms with E-state index in [0.717, 1.165) is 22.3 Å². The minimum absolute atomic E-state index is 0.311. The second-order valence-electron chi connectivity index (χ2n) is 7.08. The van der Waals surface area contributed by atoms with Crippen LogP contribution in [0.3, 0.4) is 0 Å². The van der Waals surface area contributed by atoms with Gasteiger partial charge >= 0.3 is 0 Å². The number of benzene rings is 2. The third-order valence-electron chi connectivity index (χ3n) is 4.47. The molecule has 1 atom stereocenters. The van der Waals surface area contributed by atoms with Crippen molar-refractivity contribution in [3.63, 3.8) is 0 Å². The molecule has 9 nitrogen and oxygen atoms in total. The van der Waals surface area contributed by atoms with Crippen molar-refractivity contribution >= 4 is 27.3 Å². The molecule has 32 heavy (non-hydrogen) atoms. The molecule has 0 radical (unpaired) electrons. The van der Waals surface area contributed by atoms with Crippen molar-refractivity contribution in [2.75, 3.05) is 22.9 Å². The summed E-state index contributed by atoms with van der Waals surface area (Å²) in [6, 6.07) is 15.6. The van der Waals surface area contributed by atoms with Gasteiger partial charge < -0.3 is 10.1 Å². The fraction of sp³-hybridized carbons (Fsp3) is 0.227.